The summed E-state index contributed by atoms with van der Waals surface area (Å²) in [5, 5.41) is 6.26. The van der Waals surface area contributed by atoms with Gasteiger partial charge in [0.25, 0.3) is 0 Å². The van der Waals surface area contributed by atoms with E-state index in [1.54, 1.807) is 11.3 Å². The average molecular weight is 185 g/mol. The van der Waals surface area contributed by atoms with Crippen LogP contribution < -0.4 is 5.32 Å². The summed E-state index contributed by atoms with van der Waals surface area (Å²) in [6.07, 6.45) is 2.98. The summed E-state index contributed by atoms with van der Waals surface area (Å²) < 4.78 is 0. The normalized spacial score (nSPS) is 10.6. The molecular formula is C8H15N3S. The van der Waals surface area contributed by atoms with E-state index in [2.05, 4.69) is 29.3 Å². The standard InChI is InChI=1S/C8H15N3S/c1-11(2)6-3-4-9-8-10-5-7-12-8/h5,7H,3-4,6H2,1-2H3,(H,9,10). The molecule has 0 aliphatic carbocycles. The molecule has 0 saturated carbocycles. The molecule has 1 N–H and O–H groups in total. The summed E-state index contributed by atoms with van der Waals surface area (Å²) in [6, 6.07) is 0. The Balaban J connectivity index is 2.04. The first-order valence-electron chi connectivity index (χ1n) is 4.07. The lowest BCUT2D eigenvalue weighted by Gasteiger charge is -2.08. The first-order chi connectivity index (χ1) is 5.79. The maximum atomic E-state index is 4.13. The molecule has 0 unspecified atom stereocenters. The Morgan fingerprint density at radius 1 is 1.58 bits per heavy atom. The summed E-state index contributed by atoms with van der Waals surface area (Å²) in [7, 11) is 4.17. The van der Waals surface area contributed by atoms with Gasteiger partial charge in [0.05, 0.1) is 0 Å². The van der Waals surface area contributed by atoms with Crippen molar-refractivity contribution in [1.82, 2.24) is 9.88 Å². The lowest BCUT2D eigenvalue weighted by molar-refractivity contribution is 0.405. The molecule has 1 aromatic rings. The van der Waals surface area contributed by atoms with Gasteiger partial charge in [-0.25, -0.2) is 4.98 Å². The highest BCUT2D eigenvalue weighted by Gasteiger charge is 1.93. The molecule has 1 rings (SSSR count). The van der Waals surface area contributed by atoms with E-state index in [-0.39, 0.29) is 0 Å². The molecule has 1 heterocycles. The number of nitrogens with one attached hydrogen (secondary N) is 1. The van der Waals surface area contributed by atoms with Gasteiger partial charge in [0, 0.05) is 18.1 Å². The maximum Gasteiger partial charge on any atom is 0.182 e. The molecule has 0 saturated heterocycles. The Bertz CT molecular complexity index is 196. The largest absolute Gasteiger partial charge is 0.361 e. The van der Waals surface area contributed by atoms with Gasteiger partial charge in [-0.2, -0.15) is 0 Å². The number of thiazole rings is 1. The first-order valence-corrected chi connectivity index (χ1v) is 4.95. The lowest BCUT2D eigenvalue weighted by Crippen LogP contribution is -2.16. The van der Waals surface area contributed by atoms with Gasteiger partial charge in [-0.3, -0.25) is 0 Å². The summed E-state index contributed by atoms with van der Waals surface area (Å²) in [4.78, 5) is 6.31. The lowest BCUT2D eigenvalue weighted by atomic mass is 10.4. The highest BCUT2D eigenvalue weighted by Crippen LogP contribution is 2.09. The Morgan fingerprint density at radius 3 is 3.00 bits per heavy atom. The van der Waals surface area contributed by atoms with Crippen molar-refractivity contribution >= 4 is 16.5 Å². The predicted octanol–water partition coefficient (Wildman–Crippen LogP) is 1.51. The zero-order chi connectivity index (χ0) is 8.81. The molecule has 0 bridgehead atoms. The third-order valence-electron chi connectivity index (χ3n) is 1.49. The first kappa shape index (κ1) is 9.48. The van der Waals surface area contributed by atoms with Crippen molar-refractivity contribution in [2.75, 3.05) is 32.5 Å². The number of hydrogen-bond acceptors (Lipinski definition) is 4. The van der Waals surface area contributed by atoms with Crippen LogP contribution in [0.2, 0.25) is 0 Å². The van der Waals surface area contributed by atoms with Crippen molar-refractivity contribution in [2.45, 2.75) is 6.42 Å². The third-order valence-corrected chi connectivity index (χ3v) is 2.22. The van der Waals surface area contributed by atoms with Crippen LogP contribution in [0.3, 0.4) is 0 Å². The minimum absolute atomic E-state index is 1.01. The van der Waals surface area contributed by atoms with Crippen molar-refractivity contribution in [3.63, 3.8) is 0 Å². The summed E-state index contributed by atoms with van der Waals surface area (Å²) in [6.45, 7) is 2.13. The van der Waals surface area contributed by atoms with Gasteiger partial charge < -0.3 is 10.2 Å². The molecule has 1 aromatic heterocycles. The fraction of sp³-hybridized carbons (Fsp3) is 0.625. The number of anilines is 1. The van der Waals surface area contributed by atoms with Gasteiger partial charge in [-0.1, -0.05) is 0 Å². The maximum absolute atomic E-state index is 4.13. The quantitative estimate of drug-likeness (QED) is 0.705. The second-order valence-electron chi connectivity index (χ2n) is 2.92. The molecule has 0 fully saturated rings. The van der Waals surface area contributed by atoms with E-state index in [4.69, 9.17) is 0 Å². The van der Waals surface area contributed by atoms with E-state index >= 15 is 0 Å². The van der Waals surface area contributed by atoms with Crippen molar-refractivity contribution in [3.8, 4) is 0 Å². The fourth-order valence-electron chi connectivity index (χ4n) is 0.901. The minimum Gasteiger partial charge on any atom is -0.361 e. The molecule has 0 amide bonds. The highest BCUT2D eigenvalue weighted by molar-refractivity contribution is 7.13. The predicted molar refractivity (Wildman–Crippen MR) is 53.8 cm³/mol. The molecule has 68 valence electrons. The minimum atomic E-state index is 1.01. The fourth-order valence-corrected chi connectivity index (χ4v) is 1.46. The van der Waals surface area contributed by atoms with Gasteiger partial charge >= 0.3 is 0 Å². The smallest absolute Gasteiger partial charge is 0.182 e. The van der Waals surface area contributed by atoms with E-state index in [1.165, 1.54) is 0 Å². The summed E-state index contributed by atoms with van der Waals surface area (Å²) in [5.41, 5.74) is 0. The zero-order valence-electron chi connectivity index (χ0n) is 7.58. The van der Waals surface area contributed by atoms with Gasteiger partial charge in [-0.05, 0) is 27.1 Å². The van der Waals surface area contributed by atoms with Gasteiger partial charge in [-0.15, -0.1) is 11.3 Å². The van der Waals surface area contributed by atoms with Crippen molar-refractivity contribution < 1.29 is 0 Å². The molecule has 0 aromatic carbocycles. The van der Waals surface area contributed by atoms with Crippen LogP contribution in [0.15, 0.2) is 11.6 Å². The molecule has 4 heteroatoms. The number of hydrogen-bond donors (Lipinski definition) is 1. The second-order valence-corrected chi connectivity index (χ2v) is 3.82. The zero-order valence-corrected chi connectivity index (χ0v) is 8.40. The topological polar surface area (TPSA) is 28.2 Å². The van der Waals surface area contributed by atoms with E-state index in [0.717, 1.165) is 24.6 Å². The monoisotopic (exact) mass is 185 g/mol. The van der Waals surface area contributed by atoms with Gasteiger partial charge in [0.1, 0.15) is 0 Å². The Kier molecular flexibility index (Phi) is 4.04. The van der Waals surface area contributed by atoms with Crippen LogP contribution >= 0.6 is 11.3 Å². The highest BCUT2D eigenvalue weighted by atomic mass is 32.1. The summed E-state index contributed by atoms with van der Waals surface area (Å²) >= 11 is 1.65. The molecule has 0 radical (unpaired) electrons. The van der Waals surface area contributed by atoms with Crippen LogP contribution in [0.25, 0.3) is 0 Å². The van der Waals surface area contributed by atoms with Crippen molar-refractivity contribution in [1.29, 1.82) is 0 Å². The number of nitrogens with zero attached hydrogens (tertiary/aromatic N) is 2. The van der Waals surface area contributed by atoms with E-state index in [0.29, 0.717) is 0 Å². The Hall–Kier alpha value is -0.610. The van der Waals surface area contributed by atoms with Crippen LogP contribution in [-0.2, 0) is 0 Å². The molecule has 3 nitrogen and oxygen atoms in total. The molecule has 0 atom stereocenters. The molecule has 0 aliphatic rings. The van der Waals surface area contributed by atoms with Gasteiger partial charge in [0.2, 0.25) is 0 Å². The molecular weight excluding hydrogens is 170 g/mol. The van der Waals surface area contributed by atoms with E-state index in [1.807, 2.05) is 11.6 Å². The second kappa shape index (κ2) is 5.11. The SMILES string of the molecule is CN(C)CCCNc1nccs1. The summed E-state index contributed by atoms with van der Waals surface area (Å²) in [5.74, 6) is 0. The van der Waals surface area contributed by atoms with Crippen LogP contribution in [0, 0.1) is 0 Å². The number of aromatic nitrogens is 1. The van der Waals surface area contributed by atoms with Crippen molar-refractivity contribution in [3.05, 3.63) is 11.6 Å². The van der Waals surface area contributed by atoms with E-state index in [9.17, 15) is 0 Å². The third kappa shape index (κ3) is 3.69. The van der Waals surface area contributed by atoms with Crippen LogP contribution in [0.1, 0.15) is 6.42 Å². The average Bonchev–Trinajstić information content (AvgIpc) is 2.49. The molecule has 0 aliphatic heterocycles. The van der Waals surface area contributed by atoms with Crippen molar-refractivity contribution in [2.24, 2.45) is 0 Å². The van der Waals surface area contributed by atoms with Crippen LogP contribution in [0.4, 0.5) is 5.13 Å². The van der Waals surface area contributed by atoms with Crippen LogP contribution in [-0.4, -0.2) is 37.1 Å². The Morgan fingerprint density at radius 2 is 2.42 bits per heavy atom. The van der Waals surface area contributed by atoms with E-state index < -0.39 is 0 Å². The molecule has 12 heavy (non-hydrogen) atoms. The molecule has 0 spiro atoms. The van der Waals surface area contributed by atoms with Crippen LogP contribution in [0.5, 0.6) is 0 Å². The Labute approximate surface area is 77.4 Å². The van der Waals surface area contributed by atoms with Gasteiger partial charge in [0.15, 0.2) is 5.13 Å². The number of rotatable bonds is 5.